The van der Waals surface area contributed by atoms with E-state index in [1.165, 1.54) is 31.6 Å². The fourth-order valence-corrected chi connectivity index (χ4v) is 5.64. The summed E-state index contributed by atoms with van der Waals surface area (Å²) < 4.78 is 68.6. The number of halogens is 2. The Morgan fingerprint density at radius 3 is 2.46 bits per heavy atom. The molecule has 0 radical (unpaired) electrons. The summed E-state index contributed by atoms with van der Waals surface area (Å²) in [6.45, 7) is 7.46. The van der Waals surface area contributed by atoms with Crippen LogP contribution in [0.5, 0.6) is 0 Å². The molecule has 4 heterocycles. The van der Waals surface area contributed by atoms with Crippen molar-refractivity contribution in [3.8, 4) is 17.1 Å². The average molecular weight is 559 g/mol. The zero-order valence-electron chi connectivity index (χ0n) is 21.8. The second kappa shape index (κ2) is 10.4. The third-order valence-corrected chi connectivity index (χ3v) is 8.15. The number of fused-ring (bicyclic) bond motifs is 1. The van der Waals surface area contributed by atoms with Gasteiger partial charge in [0.1, 0.15) is 28.7 Å². The van der Waals surface area contributed by atoms with E-state index < -0.39 is 38.7 Å². The van der Waals surface area contributed by atoms with Gasteiger partial charge in [0.15, 0.2) is 5.82 Å². The molecule has 11 nitrogen and oxygen atoms in total. The van der Waals surface area contributed by atoms with Gasteiger partial charge in [0.05, 0.1) is 35.4 Å². The van der Waals surface area contributed by atoms with Gasteiger partial charge in [-0.25, -0.2) is 17.2 Å². The summed E-state index contributed by atoms with van der Waals surface area (Å²) in [5.74, 6) is -2.14. The Morgan fingerprint density at radius 1 is 1.05 bits per heavy atom. The first kappa shape index (κ1) is 26.8. The van der Waals surface area contributed by atoms with E-state index >= 15 is 8.78 Å². The first-order valence-electron chi connectivity index (χ1n) is 12.5. The molecule has 1 aliphatic heterocycles. The zero-order valence-corrected chi connectivity index (χ0v) is 22.7. The summed E-state index contributed by atoms with van der Waals surface area (Å²) >= 11 is 0. The van der Waals surface area contributed by atoms with Gasteiger partial charge in [-0.2, -0.15) is 5.10 Å². The van der Waals surface area contributed by atoms with Crippen LogP contribution in [0, 0.1) is 18.6 Å². The molecule has 3 aromatic heterocycles. The molecule has 1 aliphatic rings. The number of rotatable bonds is 9. The van der Waals surface area contributed by atoms with Crippen LogP contribution >= 0.6 is 0 Å². The second-order valence-electron chi connectivity index (χ2n) is 9.62. The van der Waals surface area contributed by atoms with E-state index in [0.29, 0.717) is 29.9 Å². The largest absolute Gasteiger partial charge is 0.368 e. The molecule has 0 saturated heterocycles. The fraction of sp³-hybridized carbons (Fsp3) is 0.400. The van der Waals surface area contributed by atoms with Crippen molar-refractivity contribution >= 4 is 16.0 Å². The Bertz CT molecular complexity index is 1580. The molecular weight excluding hydrogens is 530 g/mol. The number of hydrogen-bond donors (Lipinski definition) is 1. The minimum absolute atomic E-state index is 0.0619. The number of sulfonamides is 1. The van der Waals surface area contributed by atoms with Gasteiger partial charge in [0, 0.05) is 18.4 Å². The van der Waals surface area contributed by atoms with Crippen molar-refractivity contribution in [1.82, 2.24) is 34.5 Å². The van der Waals surface area contributed by atoms with E-state index in [0.717, 1.165) is 28.8 Å². The highest BCUT2D eigenvalue weighted by atomic mass is 32.2. The molecule has 4 aromatic rings. The zero-order chi connectivity index (χ0) is 27.9. The van der Waals surface area contributed by atoms with Crippen LogP contribution in [0.25, 0.3) is 17.1 Å². The second-order valence-corrected chi connectivity index (χ2v) is 11.7. The van der Waals surface area contributed by atoms with Crippen LogP contribution in [0.3, 0.4) is 0 Å². The standard InChI is InChI=1S/C25H28F2N8O3S/c1-14(2)38-23(20-13-28-15(3)11-29-20)16(4)39(36,37)33-25-32-31-24(17-12-30-34-10-6-9-21(17)34)35(25)22-18(26)7-5-8-19(22)27/h5,7-8,11-14,16,23H,6,9-10H2,1-4H3,(H,32,33)/t16-,23+/m0/s1. The Morgan fingerprint density at radius 2 is 1.79 bits per heavy atom. The molecule has 206 valence electrons. The Kier molecular flexibility index (Phi) is 7.16. The van der Waals surface area contributed by atoms with Crippen molar-refractivity contribution in [2.75, 3.05) is 4.72 Å². The van der Waals surface area contributed by atoms with Crippen molar-refractivity contribution in [1.29, 1.82) is 0 Å². The van der Waals surface area contributed by atoms with Gasteiger partial charge in [-0.3, -0.25) is 23.9 Å². The molecule has 0 aliphatic carbocycles. The number of hydrogen-bond acceptors (Lipinski definition) is 8. The smallest absolute Gasteiger partial charge is 0.243 e. The van der Waals surface area contributed by atoms with Gasteiger partial charge in [-0.1, -0.05) is 6.07 Å². The maximum atomic E-state index is 15.1. The Labute approximate surface area is 224 Å². The third kappa shape index (κ3) is 5.13. The Balaban J connectivity index is 1.59. The molecule has 0 fully saturated rings. The third-order valence-electron chi connectivity index (χ3n) is 6.46. The van der Waals surface area contributed by atoms with Crippen LogP contribution in [-0.4, -0.2) is 54.3 Å². The molecule has 14 heteroatoms. The van der Waals surface area contributed by atoms with Gasteiger partial charge in [0.25, 0.3) is 0 Å². The molecule has 39 heavy (non-hydrogen) atoms. The molecule has 0 spiro atoms. The molecule has 0 bridgehead atoms. The van der Waals surface area contributed by atoms with E-state index in [-0.39, 0.29) is 17.9 Å². The van der Waals surface area contributed by atoms with Crippen LogP contribution in [-0.2, 0) is 27.7 Å². The van der Waals surface area contributed by atoms with Crippen molar-refractivity contribution < 1.29 is 21.9 Å². The van der Waals surface area contributed by atoms with Crippen molar-refractivity contribution in [2.45, 2.75) is 64.5 Å². The number of benzene rings is 1. The van der Waals surface area contributed by atoms with Crippen molar-refractivity contribution in [3.63, 3.8) is 0 Å². The van der Waals surface area contributed by atoms with E-state index in [4.69, 9.17) is 4.74 Å². The lowest BCUT2D eigenvalue weighted by Gasteiger charge is -2.26. The SMILES string of the molecule is Cc1cnc([C@H](OC(C)C)[C@H](C)S(=O)(=O)Nc2nnc(-c3cnn4c3CCC4)n2-c2c(F)cccc2F)cn1. The predicted molar refractivity (Wildman–Crippen MR) is 139 cm³/mol. The molecule has 2 atom stereocenters. The van der Waals surface area contributed by atoms with Gasteiger partial charge in [-0.15, -0.1) is 10.2 Å². The number of nitrogens with zero attached hydrogens (tertiary/aromatic N) is 7. The molecule has 0 amide bonds. The minimum atomic E-state index is -4.27. The summed E-state index contributed by atoms with van der Waals surface area (Å²) in [6, 6.07) is 3.38. The predicted octanol–water partition coefficient (Wildman–Crippen LogP) is 3.75. The number of aryl methyl sites for hydroxylation is 2. The van der Waals surface area contributed by atoms with Gasteiger partial charge < -0.3 is 4.74 Å². The van der Waals surface area contributed by atoms with E-state index in [1.807, 2.05) is 0 Å². The summed E-state index contributed by atoms with van der Waals surface area (Å²) in [4.78, 5) is 8.53. The van der Waals surface area contributed by atoms with Crippen LogP contribution in [0.2, 0.25) is 0 Å². The van der Waals surface area contributed by atoms with E-state index in [1.54, 1.807) is 25.5 Å². The van der Waals surface area contributed by atoms with Gasteiger partial charge in [0.2, 0.25) is 16.0 Å². The number of ether oxygens (including phenoxy) is 1. The normalized spacial score (nSPS) is 14.9. The van der Waals surface area contributed by atoms with Crippen LogP contribution < -0.4 is 4.72 Å². The average Bonchev–Trinajstić information content (AvgIpc) is 3.59. The van der Waals surface area contributed by atoms with Gasteiger partial charge >= 0.3 is 0 Å². The Hall–Kier alpha value is -3.78. The maximum absolute atomic E-state index is 15.1. The number of aromatic nitrogens is 7. The van der Waals surface area contributed by atoms with Crippen molar-refractivity contribution in [2.24, 2.45) is 0 Å². The first-order chi connectivity index (χ1) is 18.6. The number of anilines is 1. The lowest BCUT2D eigenvalue weighted by molar-refractivity contribution is 0.00394. The molecule has 0 unspecified atom stereocenters. The van der Waals surface area contributed by atoms with Crippen molar-refractivity contribution in [3.05, 3.63) is 65.5 Å². The van der Waals surface area contributed by atoms with Crippen LogP contribution in [0.4, 0.5) is 14.7 Å². The fourth-order valence-electron chi connectivity index (χ4n) is 4.54. The summed E-state index contributed by atoms with van der Waals surface area (Å²) in [6.07, 6.45) is 4.74. The topological polar surface area (TPSA) is 130 Å². The quantitative estimate of drug-likeness (QED) is 0.329. The highest BCUT2D eigenvalue weighted by molar-refractivity contribution is 7.93. The highest BCUT2D eigenvalue weighted by Gasteiger charge is 2.36. The summed E-state index contributed by atoms with van der Waals surface area (Å²) in [7, 11) is -4.27. The summed E-state index contributed by atoms with van der Waals surface area (Å²) in [5, 5.41) is 11.3. The molecule has 1 N–H and O–H groups in total. The van der Waals surface area contributed by atoms with Crippen LogP contribution in [0.15, 0.2) is 36.8 Å². The number of para-hydroxylation sites is 1. The lowest BCUT2D eigenvalue weighted by atomic mass is 10.2. The van der Waals surface area contributed by atoms with E-state index in [2.05, 4.69) is 30.0 Å². The monoisotopic (exact) mass is 558 g/mol. The molecule has 1 aromatic carbocycles. The van der Waals surface area contributed by atoms with Crippen LogP contribution in [0.1, 0.15) is 50.4 Å². The molecular formula is C25H28F2N8O3S. The van der Waals surface area contributed by atoms with Gasteiger partial charge in [-0.05, 0) is 52.7 Å². The maximum Gasteiger partial charge on any atom is 0.243 e. The molecule has 0 saturated carbocycles. The van der Waals surface area contributed by atoms with E-state index in [9.17, 15) is 8.42 Å². The number of nitrogens with one attached hydrogen (secondary N) is 1. The molecule has 5 rings (SSSR count). The minimum Gasteiger partial charge on any atom is -0.368 e. The summed E-state index contributed by atoms with van der Waals surface area (Å²) in [5.41, 5.74) is 1.81. The first-order valence-corrected chi connectivity index (χ1v) is 14.0. The highest BCUT2D eigenvalue weighted by Crippen LogP contribution is 2.34. The lowest BCUT2D eigenvalue weighted by Crippen LogP contribution is -2.34.